The Morgan fingerprint density at radius 1 is 1.38 bits per heavy atom. The fourth-order valence-electron chi connectivity index (χ4n) is 2.46. The Morgan fingerprint density at radius 3 is 2.79 bits per heavy atom. The normalized spacial score (nSPS) is 16.0. The maximum atomic E-state index is 13.1. The second kappa shape index (κ2) is 6.62. The molecule has 1 aromatic carbocycles. The van der Waals surface area contributed by atoms with Crippen molar-refractivity contribution >= 4 is 21.6 Å². The summed E-state index contributed by atoms with van der Waals surface area (Å²) in [6.45, 7) is 2.58. The Hall–Kier alpha value is -1.77. The molecule has 6 nitrogen and oxygen atoms in total. The molecule has 3 rings (SSSR count). The van der Waals surface area contributed by atoms with E-state index in [9.17, 15) is 12.8 Å². The average molecular weight is 372 g/mol. The van der Waals surface area contributed by atoms with E-state index in [0.717, 1.165) is 6.07 Å². The lowest BCUT2D eigenvalue weighted by Crippen LogP contribution is -2.52. The second-order valence-corrected chi connectivity index (χ2v) is 7.88. The number of rotatable bonds is 5. The van der Waals surface area contributed by atoms with E-state index in [0.29, 0.717) is 31.1 Å². The Kier molecular flexibility index (Phi) is 4.71. The predicted molar refractivity (Wildman–Crippen MR) is 85.9 cm³/mol. The van der Waals surface area contributed by atoms with E-state index in [1.54, 1.807) is 6.92 Å². The first-order chi connectivity index (χ1) is 11.4. The summed E-state index contributed by atoms with van der Waals surface area (Å²) in [5.41, 5.74) is 0.393. The highest BCUT2D eigenvalue weighted by Crippen LogP contribution is 2.27. The summed E-state index contributed by atoms with van der Waals surface area (Å²) in [5.74, 6) is -0.0940. The molecule has 0 saturated carbocycles. The molecule has 1 aliphatic rings. The number of aromatic nitrogens is 2. The van der Waals surface area contributed by atoms with E-state index >= 15 is 0 Å². The van der Waals surface area contributed by atoms with Gasteiger partial charge in [-0.3, -0.25) is 4.98 Å². The summed E-state index contributed by atoms with van der Waals surface area (Å²) in [5, 5.41) is 0.233. The summed E-state index contributed by atoms with van der Waals surface area (Å²) < 4.78 is 45.0. The summed E-state index contributed by atoms with van der Waals surface area (Å²) in [4.78, 5) is 7.94. The second-order valence-electron chi connectivity index (χ2n) is 5.59. The van der Waals surface area contributed by atoms with E-state index in [1.165, 1.54) is 28.8 Å². The molecule has 9 heteroatoms. The third-order valence-corrected chi connectivity index (χ3v) is 5.90. The van der Waals surface area contributed by atoms with Gasteiger partial charge in [-0.15, -0.1) is 0 Å². The first-order valence-corrected chi connectivity index (χ1v) is 9.05. The van der Waals surface area contributed by atoms with Gasteiger partial charge in [0, 0.05) is 19.0 Å². The average Bonchev–Trinajstić information content (AvgIpc) is 2.45. The molecule has 0 unspecified atom stereocenters. The zero-order valence-electron chi connectivity index (χ0n) is 12.8. The maximum absolute atomic E-state index is 13.1. The first kappa shape index (κ1) is 17.1. The quantitative estimate of drug-likeness (QED) is 0.806. The van der Waals surface area contributed by atoms with Gasteiger partial charge >= 0.3 is 0 Å². The molecule has 0 aliphatic carbocycles. The summed E-state index contributed by atoms with van der Waals surface area (Å²) >= 11 is 5.72. The lowest BCUT2D eigenvalue weighted by molar-refractivity contribution is 0.126. The van der Waals surface area contributed by atoms with Crippen LogP contribution in [0, 0.1) is 18.7 Å². The molecule has 0 radical (unpaired) electrons. The lowest BCUT2D eigenvalue weighted by atomic mass is 10.1. The number of sulfonamides is 1. The van der Waals surface area contributed by atoms with Gasteiger partial charge in [0.05, 0.1) is 23.9 Å². The fourth-order valence-corrected chi connectivity index (χ4v) is 4.40. The van der Waals surface area contributed by atoms with Crippen molar-refractivity contribution in [1.29, 1.82) is 0 Å². The Balaban J connectivity index is 1.59. The minimum Gasteiger partial charge on any atom is -0.476 e. The van der Waals surface area contributed by atoms with Crippen LogP contribution in [0.1, 0.15) is 5.56 Å². The third-order valence-electron chi connectivity index (χ3n) is 3.73. The Morgan fingerprint density at radius 2 is 2.12 bits per heavy atom. The molecule has 0 spiro atoms. The topological polar surface area (TPSA) is 72.4 Å². The molecule has 1 aromatic heterocycles. The number of ether oxygens (including phenoxy) is 1. The highest BCUT2D eigenvalue weighted by atomic mass is 35.5. The van der Waals surface area contributed by atoms with Crippen molar-refractivity contribution in [3.63, 3.8) is 0 Å². The lowest BCUT2D eigenvalue weighted by Gasteiger charge is -2.37. The van der Waals surface area contributed by atoms with Gasteiger partial charge < -0.3 is 4.74 Å². The SMILES string of the molecule is Cc1cc(F)ccc1S(=O)(=O)N1CC(COc2cncc(Cl)n2)C1. The van der Waals surface area contributed by atoms with Crippen molar-refractivity contribution in [3.05, 3.63) is 47.1 Å². The molecule has 1 saturated heterocycles. The molecule has 0 atom stereocenters. The fraction of sp³-hybridized carbons (Fsp3) is 0.333. The first-order valence-electron chi connectivity index (χ1n) is 7.23. The van der Waals surface area contributed by atoms with Crippen LogP contribution in [0.25, 0.3) is 0 Å². The van der Waals surface area contributed by atoms with Crippen LogP contribution in [-0.2, 0) is 10.0 Å². The standard InChI is InChI=1S/C15H15ClFN3O3S/c1-10-4-12(17)2-3-13(10)24(21,22)20-7-11(8-20)9-23-15-6-18-5-14(16)19-15/h2-6,11H,7-9H2,1H3. The molecule has 2 aromatic rings. The summed E-state index contributed by atoms with van der Waals surface area (Å²) in [6, 6.07) is 3.66. The predicted octanol–water partition coefficient (Wildman–Crippen LogP) is 2.28. The molecular formula is C15H15ClFN3O3S. The van der Waals surface area contributed by atoms with Crippen molar-refractivity contribution < 1.29 is 17.5 Å². The summed E-state index contributed by atoms with van der Waals surface area (Å²) in [7, 11) is -3.61. The number of aryl methyl sites for hydroxylation is 1. The van der Waals surface area contributed by atoms with Gasteiger partial charge in [-0.25, -0.2) is 12.8 Å². The van der Waals surface area contributed by atoms with Gasteiger partial charge in [-0.1, -0.05) is 11.6 Å². The maximum Gasteiger partial charge on any atom is 0.243 e. The number of halogens is 2. The van der Waals surface area contributed by atoms with Gasteiger partial charge in [-0.2, -0.15) is 9.29 Å². The van der Waals surface area contributed by atoms with Gasteiger partial charge in [0.2, 0.25) is 15.9 Å². The third kappa shape index (κ3) is 3.50. The van der Waals surface area contributed by atoms with Crippen molar-refractivity contribution in [1.82, 2.24) is 14.3 Å². The van der Waals surface area contributed by atoms with Crippen molar-refractivity contribution in [3.8, 4) is 5.88 Å². The van der Waals surface area contributed by atoms with Crippen LogP contribution in [0.3, 0.4) is 0 Å². The minimum atomic E-state index is -3.61. The molecular weight excluding hydrogens is 357 g/mol. The number of hydrogen-bond donors (Lipinski definition) is 0. The number of hydrogen-bond acceptors (Lipinski definition) is 5. The van der Waals surface area contributed by atoms with E-state index in [4.69, 9.17) is 16.3 Å². The van der Waals surface area contributed by atoms with Crippen LogP contribution in [-0.4, -0.2) is 42.4 Å². The monoisotopic (exact) mass is 371 g/mol. The molecule has 2 heterocycles. The van der Waals surface area contributed by atoms with Crippen molar-refractivity contribution in [2.75, 3.05) is 19.7 Å². The molecule has 1 aliphatic heterocycles. The largest absolute Gasteiger partial charge is 0.476 e. The van der Waals surface area contributed by atoms with Gasteiger partial charge in [-0.05, 0) is 30.7 Å². The number of nitrogens with zero attached hydrogens (tertiary/aromatic N) is 3. The highest BCUT2D eigenvalue weighted by molar-refractivity contribution is 7.89. The molecule has 24 heavy (non-hydrogen) atoms. The van der Waals surface area contributed by atoms with E-state index in [1.807, 2.05) is 0 Å². The van der Waals surface area contributed by atoms with Gasteiger partial charge in [0.1, 0.15) is 5.82 Å². The summed E-state index contributed by atoms with van der Waals surface area (Å²) in [6.07, 6.45) is 2.85. The van der Waals surface area contributed by atoms with Gasteiger partial charge in [0.15, 0.2) is 5.15 Å². The van der Waals surface area contributed by atoms with Crippen LogP contribution in [0.2, 0.25) is 5.15 Å². The minimum absolute atomic E-state index is 0.0568. The molecule has 0 N–H and O–H groups in total. The van der Waals surface area contributed by atoms with E-state index in [-0.39, 0.29) is 16.0 Å². The van der Waals surface area contributed by atoms with E-state index in [2.05, 4.69) is 9.97 Å². The van der Waals surface area contributed by atoms with Crippen LogP contribution in [0.5, 0.6) is 5.88 Å². The highest BCUT2D eigenvalue weighted by Gasteiger charge is 2.37. The smallest absolute Gasteiger partial charge is 0.243 e. The Labute approximate surface area is 144 Å². The molecule has 0 bridgehead atoms. The van der Waals surface area contributed by atoms with Crippen molar-refractivity contribution in [2.45, 2.75) is 11.8 Å². The zero-order valence-corrected chi connectivity index (χ0v) is 14.4. The zero-order chi connectivity index (χ0) is 17.3. The Bertz CT molecular complexity index is 857. The number of benzene rings is 1. The van der Waals surface area contributed by atoms with Crippen LogP contribution in [0.4, 0.5) is 4.39 Å². The van der Waals surface area contributed by atoms with E-state index < -0.39 is 15.8 Å². The van der Waals surface area contributed by atoms with Crippen LogP contribution >= 0.6 is 11.6 Å². The van der Waals surface area contributed by atoms with Crippen LogP contribution in [0.15, 0.2) is 35.5 Å². The molecule has 128 valence electrons. The molecule has 0 amide bonds. The van der Waals surface area contributed by atoms with Crippen LogP contribution < -0.4 is 4.74 Å². The molecule has 1 fully saturated rings. The van der Waals surface area contributed by atoms with Gasteiger partial charge in [0.25, 0.3) is 0 Å². The van der Waals surface area contributed by atoms with Crippen molar-refractivity contribution in [2.24, 2.45) is 5.92 Å².